The van der Waals surface area contributed by atoms with Gasteiger partial charge in [0, 0.05) is 5.56 Å². The smallest absolute Gasteiger partial charge is 0.203 e. The molecule has 0 bridgehead atoms. The normalized spacial score (nSPS) is 10.7. The molecule has 1 aromatic carbocycles. The molecule has 0 amide bonds. The minimum absolute atomic E-state index is 0.0268. The molecule has 0 saturated heterocycles. The van der Waals surface area contributed by atoms with Crippen LogP contribution in [0.2, 0.25) is 4.34 Å². The van der Waals surface area contributed by atoms with Crippen LogP contribution in [0.4, 0.5) is 0 Å². The maximum absolute atomic E-state index is 12.2. The molecule has 0 atom stereocenters. The summed E-state index contributed by atoms with van der Waals surface area (Å²) in [6, 6.07) is 10.7. The zero-order valence-corrected chi connectivity index (χ0v) is 11.7. The van der Waals surface area contributed by atoms with E-state index in [1.54, 1.807) is 24.3 Å². The number of rotatable bonds is 4. The zero-order chi connectivity index (χ0) is 13.1. The molecule has 94 valence electrons. The van der Waals surface area contributed by atoms with Crippen molar-refractivity contribution in [3.8, 4) is 5.75 Å². The first kappa shape index (κ1) is 13.1. The summed E-state index contributed by atoms with van der Waals surface area (Å²) >= 11 is 7.12. The summed E-state index contributed by atoms with van der Waals surface area (Å²) in [5, 5.41) is 0. The van der Waals surface area contributed by atoms with Gasteiger partial charge in [-0.15, -0.1) is 11.3 Å². The third-order valence-corrected chi connectivity index (χ3v) is 3.49. The second kappa shape index (κ2) is 5.55. The number of ether oxygens (including phenoxy) is 1. The quantitative estimate of drug-likeness (QED) is 0.775. The second-order valence-electron chi connectivity index (χ2n) is 4.13. The van der Waals surface area contributed by atoms with Gasteiger partial charge in [-0.3, -0.25) is 4.79 Å². The van der Waals surface area contributed by atoms with E-state index in [1.165, 1.54) is 11.3 Å². The highest BCUT2D eigenvalue weighted by Gasteiger charge is 2.12. The molecule has 2 nitrogen and oxygen atoms in total. The number of hydrogen-bond donors (Lipinski definition) is 0. The van der Waals surface area contributed by atoms with Crippen LogP contribution in [0.5, 0.6) is 5.75 Å². The zero-order valence-electron chi connectivity index (χ0n) is 10.1. The summed E-state index contributed by atoms with van der Waals surface area (Å²) in [7, 11) is 0. The minimum Gasteiger partial charge on any atom is -0.491 e. The van der Waals surface area contributed by atoms with E-state index in [0.717, 1.165) is 0 Å². The van der Waals surface area contributed by atoms with Gasteiger partial charge in [-0.25, -0.2) is 0 Å². The molecule has 0 saturated carbocycles. The fourth-order valence-corrected chi connectivity index (χ4v) is 2.57. The van der Waals surface area contributed by atoms with E-state index >= 15 is 0 Å². The van der Waals surface area contributed by atoms with Crippen LogP contribution >= 0.6 is 22.9 Å². The molecule has 0 spiro atoms. The number of carbonyl (C=O) groups excluding carboxylic acids is 1. The van der Waals surface area contributed by atoms with Crippen LogP contribution in [0.15, 0.2) is 36.4 Å². The van der Waals surface area contributed by atoms with Crippen LogP contribution in [0.1, 0.15) is 29.1 Å². The van der Waals surface area contributed by atoms with Crippen LogP contribution in [-0.4, -0.2) is 11.9 Å². The van der Waals surface area contributed by atoms with E-state index in [4.69, 9.17) is 16.3 Å². The number of ketones is 1. The lowest BCUT2D eigenvalue weighted by molar-refractivity contribution is 0.104. The highest BCUT2D eigenvalue weighted by molar-refractivity contribution is 7.18. The third kappa shape index (κ3) is 3.12. The van der Waals surface area contributed by atoms with Gasteiger partial charge in [-0.1, -0.05) is 23.7 Å². The van der Waals surface area contributed by atoms with Crippen molar-refractivity contribution in [2.45, 2.75) is 20.0 Å². The fraction of sp³-hybridized carbons (Fsp3) is 0.214. The highest BCUT2D eigenvalue weighted by Crippen LogP contribution is 2.25. The van der Waals surface area contributed by atoms with Gasteiger partial charge in [0.05, 0.1) is 15.3 Å². The van der Waals surface area contributed by atoms with Gasteiger partial charge in [0.25, 0.3) is 0 Å². The molecule has 4 heteroatoms. The maximum Gasteiger partial charge on any atom is 0.203 e. The largest absolute Gasteiger partial charge is 0.491 e. The maximum atomic E-state index is 12.2. The second-order valence-corrected chi connectivity index (χ2v) is 5.84. The minimum atomic E-state index is -0.0268. The van der Waals surface area contributed by atoms with E-state index in [1.807, 2.05) is 26.0 Å². The van der Waals surface area contributed by atoms with Crippen LogP contribution in [0.25, 0.3) is 0 Å². The number of halogens is 1. The van der Waals surface area contributed by atoms with E-state index in [2.05, 4.69) is 0 Å². The monoisotopic (exact) mass is 280 g/mol. The van der Waals surface area contributed by atoms with E-state index in [-0.39, 0.29) is 11.9 Å². The summed E-state index contributed by atoms with van der Waals surface area (Å²) in [4.78, 5) is 12.8. The van der Waals surface area contributed by atoms with Crippen LogP contribution in [-0.2, 0) is 0 Å². The van der Waals surface area contributed by atoms with Crippen molar-refractivity contribution in [3.63, 3.8) is 0 Å². The average molecular weight is 281 g/mol. The molecule has 0 unspecified atom stereocenters. The average Bonchev–Trinajstić information content (AvgIpc) is 2.74. The van der Waals surface area contributed by atoms with Crippen molar-refractivity contribution in [2.75, 3.05) is 0 Å². The van der Waals surface area contributed by atoms with Crippen LogP contribution < -0.4 is 4.74 Å². The summed E-state index contributed by atoms with van der Waals surface area (Å²) in [6.07, 6.45) is 0.0894. The Morgan fingerprint density at radius 1 is 1.28 bits per heavy atom. The van der Waals surface area contributed by atoms with Gasteiger partial charge in [-0.2, -0.15) is 0 Å². The van der Waals surface area contributed by atoms with Crippen molar-refractivity contribution >= 4 is 28.7 Å². The molecule has 2 rings (SSSR count). The van der Waals surface area contributed by atoms with Gasteiger partial charge in [0.2, 0.25) is 5.78 Å². The van der Waals surface area contributed by atoms with E-state index < -0.39 is 0 Å². The van der Waals surface area contributed by atoms with Gasteiger partial charge in [0.1, 0.15) is 5.75 Å². The Balaban J connectivity index is 2.25. The first-order chi connectivity index (χ1) is 8.56. The summed E-state index contributed by atoms with van der Waals surface area (Å²) in [5.41, 5.74) is 0.617. The Kier molecular flexibility index (Phi) is 4.04. The van der Waals surface area contributed by atoms with Crippen molar-refractivity contribution < 1.29 is 9.53 Å². The predicted octanol–water partition coefficient (Wildman–Crippen LogP) is 4.42. The molecule has 1 heterocycles. The highest BCUT2D eigenvalue weighted by atomic mass is 35.5. The topological polar surface area (TPSA) is 26.3 Å². The van der Waals surface area contributed by atoms with Crippen LogP contribution in [0.3, 0.4) is 0 Å². The summed E-state index contributed by atoms with van der Waals surface area (Å²) < 4.78 is 6.19. The number of hydrogen-bond acceptors (Lipinski definition) is 3. The Labute approximate surface area is 115 Å². The molecule has 1 aromatic heterocycles. The SMILES string of the molecule is CC(C)Oc1cccc(C(=O)c2ccc(Cl)s2)c1. The first-order valence-corrected chi connectivity index (χ1v) is 6.82. The Hall–Kier alpha value is -1.32. The molecule has 0 radical (unpaired) electrons. The fourth-order valence-electron chi connectivity index (χ4n) is 1.56. The molecular formula is C14H13ClO2S. The number of benzene rings is 1. The van der Waals surface area contributed by atoms with Crippen molar-refractivity contribution in [2.24, 2.45) is 0 Å². The summed E-state index contributed by atoms with van der Waals surface area (Å²) in [5.74, 6) is 0.680. The van der Waals surface area contributed by atoms with Gasteiger partial charge in [-0.05, 0) is 38.1 Å². The standard InChI is InChI=1S/C14H13ClO2S/c1-9(2)17-11-5-3-4-10(8-11)14(16)12-6-7-13(15)18-12/h3-9H,1-2H3. The van der Waals surface area contributed by atoms with Crippen molar-refractivity contribution in [1.82, 2.24) is 0 Å². The Bertz CT molecular complexity index is 560. The van der Waals surface area contributed by atoms with Crippen molar-refractivity contribution in [1.29, 1.82) is 0 Å². The lowest BCUT2D eigenvalue weighted by Gasteiger charge is -2.10. The van der Waals surface area contributed by atoms with E-state index in [9.17, 15) is 4.79 Å². The third-order valence-electron chi connectivity index (χ3n) is 2.27. The molecule has 0 aliphatic rings. The molecular weight excluding hydrogens is 268 g/mol. The van der Waals surface area contributed by atoms with Crippen LogP contribution in [0, 0.1) is 0 Å². The predicted molar refractivity (Wildman–Crippen MR) is 75.0 cm³/mol. The summed E-state index contributed by atoms with van der Waals surface area (Å²) in [6.45, 7) is 3.90. The molecule has 18 heavy (non-hydrogen) atoms. The van der Waals surface area contributed by atoms with Gasteiger partial charge in [0.15, 0.2) is 0 Å². The first-order valence-electron chi connectivity index (χ1n) is 5.63. The molecule has 0 aliphatic heterocycles. The number of thiophene rings is 1. The Morgan fingerprint density at radius 3 is 2.67 bits per heavy atom. The Morgan fingerprint density at radius 2 is 2.06 bits per heavy atom. The van der Waals surface area contributed by atoms with Gasteiger partial charge < -0.3 is 4.74 Å². The lowest BCUT2D eigenvalue weighted by atomic mass is 10.1. The van der Waals surface area contributed by atoms with Crippen molar-refractivity contribution in [3.05, 3.63) is 51.2 Å². The molecule has 0 aliphatic carbocycles. The molecule has 2 aromatic rings. The molecule has 0 N–H and O–H groups in total. The molecule has 0 fully saturated rings. The van der Waals surface area contributed by atoms with Gasteiger partial charge >= 0.3 is 0 Å². The lowest BCUT2D eigenvalue weighted by Crippen LogP contribution is -2.06. The number of carbonyl (C=O) groups is 1. The van der Waals surface area contributed by atoms with E-state index in [0.29, 0.717) is 20.5 Å².